The van der Waals surface area contributed by atoms with Crippen LogP contribution in [-0.4, -0.2) is 36.0 Å². The van der Waals surface area contributed by atoms with E-state index in [-0.39, 0.29) is 42.3 Å². The summed E-state index contributed by atoms with van der Waals surface area (Å²) in [5, 5.41) is 0. The van der Waals surface area contributed by atoms with Gasteiger partial charge in [-0.15, -0.1) is 0 Å². The number of ether oxygens (including phenoxy) is 2. The van der Waals surface area contributed by atoms with E-state index >= 15 is 0 Å². The van der Waals surface area contributed by atoms with Gasteiger partial charge in [-0.05, 0) is 18.4 Å². The van der Waals surface area contributed by atoms with Crippen LogP contribution in [-0.2, 0) is 25.7 Å². The Balaban J connectivity index is 1.69. The highest BCUT2D eigenvalue weighted by Crippen LogP contribution is 2.46. The molecular weight excluding hydrogens is 310 g/mol. The molecule has 1 saturated heterocycles. The first-order valence-corrected chi connectivity index (χ1v) is 8.16. The molecular formula is C18H21NO5. The predicted molar refractivity (Wildman–Crippen MR) is 84.7 cm³/mol. The number of benzene rings is 1. The van der Waals surface area contributed by atoms with Crippen molar-refractivity contribution >= 4 is 18.0 Å². The number of carbonyl (C=O) groups excluding carboxylic acids is 3. The Morgan fingerprint density at radius 3 is 2.58 bits per heavy atom. The predicted octanol–water partition coefficient (Wildman–Crippen LogP) is 2.37. The molecule has 2 amide bonds. The van der Waals surface area contributed by atoms with Gasteiger partial charge < -0.3 is 9.47 Å². The fourth-order valence-corrected chi connectivity index (χ4v) is 3.97. The van der Waals surface area contributed by atoms with E-state index in [1.165, 1.54) is 12.0 Å². The lowest BCUT2D eigenvalue weighted by Gasteiger charge is -2.21. The van der Waals surface area contributed by atoms with Gasteiger partial charge in [0.15, 0.2) is 0 Å². The molecule has 1 saturated carbocycles. The normalized spacial score (nSPS) is 28.6. The summed E-state index contributed by atoms with van der Waals surface area (Å²) in [7, 11) is 1.26. The first-order valence-electron chi connectivity index (χ1n) is 8.16. The van der Waals surface area contributed by atoms with Crippen LogP contribution < -0.4 is 0 Å². The van der Waals surface area contributed by atoms with Crippen LogP contribution in [0.3, 0.4) is 0 Å². The van der Waals surface area contributed by atoms with Gasteiger partial charge in [-0.3, -0.25) is 9.59 Å². The minimum absolute atomic E-state index is 0.195. The fourth-order valence-electron chi connectivity index (χ4n) is 3.97. The first kappa shape index (κ1) is 16.5. The van der Waals surface area contributed by atoms with E-state index in [1.54, 1.807) is 6.92 Å². The molecule has 128 valence electrons. The molecule has 0 bridgehead atoms. The third-order valence-corrected chi connectivity index (χ3v) is 5.12. The number of imide groups is 1. The van der Waals surface area contributed by atoms with E-state index in [0.717, 1.165) is 5.56 Å². The zero-order valence-electron chi connectivity index (χ0n) is 13.8. The average Bonchev–Trinajstić information content (AvgIpc) is 3.13. The molecule has 2 fully saturated rings. The summed E-state index contributed by atoms with van der Waals surface area (Å²) in [6.45, 7) is 1.99. The van der Waals surface area contributed by atoms with Crippen molar-refractivity contribution in [2.24, 2.45) is 17.8 Å². The van der Waals surface area contributed by atoms with Crippen LogP contribution in [0.4, 0.5) is 4.79 Å². The summed E-state index contributed by atoms with van der Waals surface area (Å²) in [6, 6.07) is 9.20. The van der Waals surface area contributed by atoms with Crippen LogP contribution in [0.2, 0.25) is 0 Å². The summed E-state index contributed by atoms with van der Waals surface area (Å²) >= 11 is 0. The van der Waals surface area contributed by atoms with E-state index in [9.17, 15) is 14.4 Å². The number of hydrogen-bond acceptors (Lipinski definition) is 5. The first-order chi connectivity index (χ1) is 11.5. The maximum atomic E-state index is 12.5. The number of carbonyl (C=O) groups is 3. The lowest BCUT2D eigenvalue weighted by atomic mass is 9.86. The van der Waals surface area contributed by atoms with Crippen LogP contribution >= 0.6 is 0 Å². The second-order valence-corrected chi connectivity index (χ2v) is 6.39. The van der Waals surface area contributed by atoms with Crippen LogP contribution in [0.1, 0.15) is 25.3 Å². The molecule has 0 spiro atoms. The van der Waals surface area contributed by atoms with Gasteiger partial charge in [0.25, 0.3) is 0 Å². The summed E-state index contributed by atoms with van der Waals surface area (Å²) < 4.78 is 10.2. The van der Waals surface area contributed by atoms with Crippen molar-refractivity contribution in [1.82, 2.24) is 4.90 Å². The van der Waals surface area contributed by atoms with E-state index in [2.05, 4.69) is 0 Å². The molecule has 1 aliphatic heterocycles. The zero-order chi connectivity index (χ0) is 17.3. The Labute approximate surface area is 140 Å². The fraction of sp³-hybridized carbons (Fsp3) is 0.500. The van der Waals surface area contributed by atoms with E-state index in [1.807, 2.05) is 30.3 Å². The SMILES string of the molecule is COC(=O)N1C(=O)[C@H](C)[C@H]2C(C(=O)OCc3ccccc3)CC[C@@H]21. The monoisotopic (exact) mass is 331 g/mol. The third kappa shape index (κ3) is 2.77. The topological polar surface area (TPSA) is 72.9 Å². The van der Waals surface area contributed by atoms with Crippen LogP contribution in [0.25, 0.3) is 0 Å². The molecule has 6 nitrogen and oxygen atoms in total. The number of likely N-dealkylation sites (tertiary alicyclic amines) is 1. The second-order valence-electron chi connectivity index (χ2n) is 6.39. The van der Waals surface area contributed by atoms with Crippen LogP contribution in [0, 0.1) is 17.8 Å². The van der Waals surface area contributed by atoms with Gasteiger partial charge >= 0.3 is 12.1 Å². The number of nitrogens with zero attached hydrogens (tertiary/aromatic N) is 1. The summed E-state index contributed by atoms with van der Waals surface area (Å²) in [4.78, 5) is 37.9. The van der Waals surface area contributed by atoms with Crippen LogP contribution in [0.5, 0.6) is 0 Å². The molecule has 1 heterocycles. The smallest absolute Gasteiger partial charge is 0.416 e. The molecule has 0 N–H and O–H groups in total. The maximum Gasteiger partial charge on any atom is 0.416 e. The Hall–Kier alpha value is -2.37. The van der Waals surface area contributed by atoms with Gasteiger partial charge in [0.1, 0.15) is 6.61 Å². The number of methoxy groups -OCH3 is 1. The van der Waals surface area contributed by atoms with E-state index in [4.69, 9.17) is 9.47 Å². The molecule has 2 aliphatic rings. The average molecular weight is 331 g/mol. The second kappa shape index (κ2) is 6.63. The third-order valence-electron chi connectivity index (χ3n) is 5.12. The summed E-state index contributed by atoms with van der Waals surface area (Å²) in [6.07, 6.45) is 0.590. The lowest BCUT2D eigenvalue weighted by molar-refractivity contribution is -0.151. The van der Waals surface area contributed by atoms with Crippen molar-refractivity contribution in [3.8, 4) is 0 Å². The van der Waals surface area contributed by atoms with Crippen molar-refractivity contribution in [2.75, 3.05) is 7.11 Å². The molecule has 0 aromatic heterocycles. The van der Waals surface area contributed by atoms with Gasteiger partial charge in [0, 0.05) is 17.9 Å². The Morgan fingerprint density at radius 2 is 1.92 bits per heavy atom. The maximum absolute atomic E-state index is 12.5. The summed E-state index contributed by atoms with van der Waals surface area (Å²) in [5.74, 6) is -1.49. The molecule has 1 aromatic carbocycles. The number of amides is 2. The Kier molecular flexibility index (Phi) is 4.55. The molecule has 1 aromatic rings. The van der Waals surface area contributed by atoms with Crippen molar-refractivity contribution in [1.29, 1.82) is 0 Å². The molecule has 24 heavy (non-hydrogen) atoms. The number of rotatable bonds is 3. The van der Waals surface area contributed by atoms with Crippen molar-refractivity contribution in [2.45, 2.75) is 32.4 Å². The zero-order valence-corrected chi connectivity index (χ0v) is 13.8. The molecule has 4 atom stereocenters. The largest absolute Gasteiger partial charge is 0.461 e. The quantitative estimate of drug-likeness (QED) is 0.795. The molecule has 0 radical (unpaired) electrons. The number of hydrogen-bond donors (Lipinski definition) is 0. The highest BCUT2D eigenvalue weighted by molar-refractivity contribution is 5.96. The Bertz CT molecular complexity index is 644. The van der Waals surface area contributed by atoms with Gasteiger partial charge in [-0.2, -0.15) is 0 Å². The van der Waals surface area contributed by atoms with Gasteiger partial charge in [0.05, 0.1) is 13.0 Å². The molecule has 6 heteroatoms. The molecule has 3 rings (SSSR count). The summed E-state index contributed by atoms with van der Waals surface area (Å²) in [5.41, 5.74) is 0.923. The van der Waals surface area contributed by atoms with Crippen molar-refractivity contribution < 1.29 is 23.9 Å². The number of esters is 1. The minimum Gasteiger partial charge on any atom is -0.461 e. The molecule has 1 unspecified atom stereocenters. The highest BCUT2D eigenvalue weighted by Gasteiger charge is 2.57. The van der Waals surface area contributed by atoms with E-state index < -0.39 is 6.09 Å². The molecule has 1 aliphatic carbocycles. The van der Waals surface area contributed by atoms with Crippen molar-refractivity contribution in [3.05, 3.63) is 35.9 Å². The van der Waals surface area contributed by atoms with Gasteiger partial charge in [-0.1, -0.05) is 37.3 Å². The minimum atomic E-state index is -0.641. The standard InChI is InChI=1S/C18H21NO5/c1-11-15-13(17(21)24-10-12-6-4-3-5-7-12)8-9-14(15)19(16(11)20)18(22)23-2/h3-7,11,13-15H,8-10H2,1-2H3/t11-,13?,14+,15+/m1/s1. The van der Waals surface area contributed by atoms with Crippen LogP contribution in [0.15, 0.2) is 30.3 Å². The Morgan fingerprint density at radius 1 is 1.21 bits per heavy atom. The van der Waals surface area contributed by atoms with Crippen molar-refractivity contribution in [3.63, 3.8) is 0 Å². The highest BCUT2D eigenvalue weighted by atomic mass is 16.5. The van der Waals surface area contributed by atoms with Gasteiger partial charge in [-0.25, -0.2) is 9.69 Å². The van der Waals surface area contributed by atoms with E-state index in [0.29, 0.717) is 12.8 Å². The number of fused-ring (bicyclic) bond motifs is 1. The van der Waals surface area contributed by atoms with Gasteiger partial charge in [0.2, 0.25) is 5.91 Å². The lowest BCUT2D eigenvalue weighted by Crippen LogP contribution is -2.39.